The van der Waals surface area contributed by atoms with Crippen molar-refractivity contribution < 1.29 is 14.3 Å². The molecule has 1 N–H and O–H groups in total. The number of thioether (sulfide) groups is 1. The van der Waals surface area contributed by atoms with Crippen LogP contribution in [0.1, 0.15) is 26.2 Å². The Morgan fingerprint density at radius 2 is 2.11 bits per heavy atom. The van der Waals surface area contributed by atoms with Crippen LogP contribution in [0.2, 0.25) is 0 Å². The zero-order chi connectivity index (χ0) is 19.1. The number of rotatable bonds is 7. The summed E-state index contributed by atoms with van der Waals surface area (Å²) >= 11 is 2.74. The third kappa shape index (κ3) is 5.43. The van der Waals surface area contributed by atoms with Crippen LogP contribution >= 0.6 is 23.1 Å². The number of ether oxygens (including phenoxy) is 1. The van der Waals surface area contributed by atoms with Gasteiger partial charge >= 0.3 is 5.97 Å². The molecule has 144 valence electrons. The van der Waals surface area contributed by atoms with Gasteiger partial charge in [0, 0.05) is 12.2 Å². The smallest absolute Gasteiger partial charge is 0.328 e. The number of anilines is 2. The predicted octanol–water partition coefficient (Wildman–Crippen LogP) is 3.32. The van der Waals surface area contributed by atoms with Crippen molar-refractivity contribution in [2.45, 2.75) is 36.6 Å². The van der Waals surface area contributed by atoms with Crippen LogP contribution in [0.5, 0.6) is 0 Å². The fraction of sp³-hybridized carbons (Fsp3) is 0.444. The zero-order valence-corrected chi connectivity index (χ0v) is 16.7. The van der Waals surface area contributed by atoms with Crippen molar-refractivity contribution in [1.82, 2.24) is 15.1 Å². The maximum Gasteiger partial charge on any atom is 0.328 e. The van der Waals surface area contributed by atoms with Gasteiger partial charge in [0.25, 0.3) is 0 Å². The summed E-state index contributed by atoms with van der Waals surface area (Å²) in [7, 11) is 0. The standard InChI is InChI=1S/C18H22N4O3S2/c1-2-25-16(24)14-10-6-7-11-22(14)15(23)12-26-18-21-20-17(27-18)19-13-8-4-3-5-9-13/h3-5,8-9,14H,2,6-7,10-12H2,1H3,(H,19,20)/t14-/m1/s1. The topological polar surface area (TPSA) is 84.4 Å². The van der Waals surface area contributed by atoms with Crippen molar-refractivity contribution in [2.75, 3.05) is 24.2 Å². The van der Waals surface area contributed by atoms with Gasteiger partial charge in [-0.05, 0) is 38.3 Å². The average Bonchev–Trinajstić information content (AvgIpc) is 3.14. The summed E-state index contributed by atoms with van der Waals surface area (Å²) in [4.78, 5) is 26.4. The maximum atomic E-state index is 12.6. The van der Waals surface area contributed by atoms with E-state index in [-0.39, 0.29) is 17.6 Å². The van der Waals surface area contributed by atoms with Crippen molar-refractivity contribution in [3.63, 3.8) is 0 Å². The summed E-state index contributed by atoms with van der Waals surface area (Å²) in [5.41, 5.74) is 0.937. The molecule has 0 bridgehead atoms. The second-order valence-electron chi connectivity index (χ2n) is 6.00. The number of amides is 1. The highest BCUT2D eigenvalue weighted by molar-refractivity contribution is 8.01. The van der Waals surface area contributed by atoms with Crippen molar-refractivity contribution in [2.24, 2.45) is 0 Å². The molecule has 1 aromatic heterocycles. The molecule has 0 spiro atoms. The van der Waals surface area contributed by atoms with Crippen molar-refractivity contribution in [1.29, 1.82) is 0 Å². The van der Waals surface area contributed by atoms with E-state index in [1.165, 1.54) is 23.1 Å². The van der Waals surface area contributed by atoms with Gasteiger partial charge in [-0.2, -0.15) is 0 Å². The quantitative estimate of drug-likeness (QED) is 0.558. The molecule has 7 nitrogen and oxygen atoms in total. The molecule has 0 aliphatic carbocycles. The van der Waals surface area contributed by atoms with Crippen molar-refractivity contribution in [3.05, 3.63) is 30.3 Å². The van der Waals surface area contributed by atoms with Gasteiger partial charge in [-0.25, -0.2) is 4.79 Å². The molecule has 2 heterocycles. The fourth-order valence-electron chi connectivity index (χ4n) is 2.88. The van der Waals surface area contributed by atoms with E-state index >= 15 is 0 Å². The molecule has 9 heteroatoms. The Hall–Kier alpha value is -2.13. The molecular formula is C18H22N4O3S2. The van der Waals surface area contributed by atoms with Gasteiger partial charge in [-0.1, -0.05) is 41.3 Å². The Bertz CT molecular complexity index is 769. The van der Waals surface area contributed by atoms with E-state index in [2.05, 4.69) is 15.5 Å². The van der Waals surface area contributed by atoms with Crippen LogP contribution in [0.3, 0.4) is 0 Å². The highest BCUT2D eigenvalue weighted by Gasteiger charge is 2.33. The number of hydrogen-bond acceptors (Lipinski definition) is 8. The minimum absolute atomic E-state index is 0.0643. The number of benzene rings is 1. The van der Waals surface area contributed by atoms with Crippen LogP contribution in [-0.2, 0) is 14.3 Å². The van der Waals surface area contributed by atoms with Gasteiger partial charge in [0.05, 0.1) is 12.4 Å². The first-order chi connectivity index (χ1) is 13.2. The number of carbonyl (C=O) groups is 2. The van der Waals surface area contributed by atoms with E-state index in [4.69, 9.17) is 4.74 Å². The van der Waals surface area contributed by atoms with Crippen LogP contribution in [0.15, 0.2) is 34.7 Å². The summed E-state index contributed by atoms with van der Waals surface area (Å²) in [6.45, 7) is 2.70. The number of nitrogens with one attached hydrogen (secondary N) is 1. The highest BCUT2D eigenvalue weighted by Crippen LogP contribution is 2.28. The molecule has 2 aromatic rings. The lowest BCUT2D eigenvalue weighted by Gasteiger charge is -2.33. The number of esters is 1. The number of piperidine rings is 1. The molecule has 0 unspecified atom stereocenters. The van der Waals surface area contributed by atoms with E-state index in [1.54, 1.807) is 11.8 Å². The van der Waals surface area contributed by atoms with Crippen LogP contribution in [-0.4, -0.2) is 51.9 Å². The SMILES string of the molecule is CCOC(=O)[C@H]1CCCCN1C(=O)CSc1nnc(Nc2ccccc2)s1. The molecule has 1 aliphatic rings. The third-order valence-corrected chi connectivity index (χ3v) is 6.09. The van der Waals surface area contributed by atoms with Gasteiger partial charge in [0.2, 0.25) is 11.0 Å². The molecule has 0 saturated carbocycles. The summed E-state index contributed by atoms with van der Waals surface area (Å²) in [6, 6.07) is 9.26. The number of aromatic nitrogens is 2. The molecule has 1 aromatic carbocycles. The van der Waals surface area contributed by atoms with E-state index in [0.717, 1.165) is 18.5 Å². The van der Waals surface area contributed by atoms with Crippen LogP contribution < -0.4 is 5.32 Å². The summed E-state index contributed by atoms with van der Waals surface area (Å²) < 4.78 is 5.83. The Labute approximate surface area is 166 Å². The van der Waals surface area contributed by atoms with E-state index < -0.39 is 6.04 Å². The zero-order valence-electron chi connectivity index (χ0n) is 15.1. The molecular weight excluding hydrogens is 384 g/mol. The molecule has 0 radical (unpaired) electrons. The van der Waals surface area contributed by atoms with E-state index in [0.29, 0.717) is 29.0 Å². The number of likely N-dealkylation sites (tertiary alicyclic amines) is 1. The third-order valence-electron chi connectivity index (χ3n) is 4.13. The molecule has 1 saturated heterocycles. The average molecular weight is 407 g/mol. The van der Waals surface area contributed by atoms with Gasteiger partial charge in [0.15, 0.2) is 4.34 Å². The van der Waals surface area contributed by atoms with Crippen molar-refractivity contribution >= 4 is 45.8 Å². The Balaban J connectivity index is 1.54. The lowest BCUT2D eigenvalue weighted by molar-refractivity contribution is -0.155. The second-order valence-corrected chi connectivity index (χ2v) is 8.20. The second kappa shape index (κ2) is 9.70. The summed E-state index contributed by atoms with van der Waals surface area (Å²) in [5, 5.41) is 12.1. The Kier molecular flexibility index (Phi) is 7.05. The maximum absolute atomic E-state index is 12.6. The monoisotopic (exact) mass is 406 g/mol. The molecule has 27 heavy (non-hydrogen) atoms. The highest BCUT2D eigenvalue weighted by atomic mass is 32.2. The number of hydrogen-bond donors (Lipinski definition) is 1. The summed E-state index contributed by atoms with van der Waals surface area (Å²) in [6.07, 6.45) is 2.51. The van der Waals surface area contributed by atoms with E-state index in [9.17, 15) is 9.59 Å². The van der Waals surface area contributed by atoms with Gasteiger partial charge < -0.3 is 15.0 Å². The Morgan fingerprint density at radius 3 is 2.89 bits per heavy atom. The van der Waals surface area contributed by atoms with Gasteiger partial charge in [-0.3, -0.25) is 4.79 Å². The Morgan fingerprint density at radius 1 is 1.30 bits per heavy atom. The number of carbonyl (C=O) groups excluding carboxylic acids is 2. The lowest BCUT2D eigenvalue weighted by Crippen LogP contribution is -2.49. The first-order valence-corrected chi connectivity index (χ1v) is 10.7. The molecule has 1 amide bonds. The molecule has 1 aliphatic heterocycles. The van der Waals surface area contributed by atoms with E-state index in [1.807, 2.05) is 30.3 Å². The number of para-hydroxylation sites is 1. The number of nitrogens with zero attached hydrogens (tertiary/aromatic N) is 3. The minimum Gasteiger partial charge on any atom is -0.464 e. The fourth-order valence-corrected chi connectivity index (χ4v) is 4.54. The molecule has 3 rings (SSSR count). The minimum atomic E-state index is -0.462. The van der Waals surface area contributed by atoms with Crippen molar-refractivity contribution in [3.8, 4) is 0 Å². The first kappa shape index (κ1) is 19.6. The van der Waals surface area contributed by atoms with Gasteiger partial charge in [-0.15, -0.1) is 10.2 Å². The normalized spacial score (nSPS) is 16.8. The first-order valence-electron chi connectivity index (χ1n) is 8.92. The molecule has 1 atom stereocenters. The largest absolute Gasteiger partial charge is 0.464 e. The summed E-state index contributed by atoms with van der Waals surface area (Å²) in [5.74, 6) is -0.137. The van der Waals surface area contributed by atoms with Crippen LogP contribution in [0.25, 0.3) is 0 Å². The van der Waals surface area contributed by atoms with Gasteiger partial charge in [0.1, 0.15) is 6.04 Å². The lowest BCUT2D eigenvalue weighted by atomic mass is 10.0. The van der Waals surface area contributed by atoms with Crippen LogP contribution in [0.4, 0.5) is 10.8 Å². The predicted molar refractivity (Wildman–Crippen MR) is 106 cm³/mol. The molecule has 1 fully saturated rings. The van der Waals surface area contributed by atoms with Crippen LogP contribution in [0, 0.1) is 0 Å².